The molecule has 186 valence electrons. The van der Waals surface area contributed by atoms with E-state index in [0.29, 0.717) is 19.0 Å². The minimum absolute atomic E-state index is 0.0515. The van der Waals surface area contributed by atoms with Crippen LogP contribution in [0.15, 0.2) is 73.2 Å². The Bertz CT molecular complexity index is 1330. The molecule has 0 saturated carbocycles. The molecule has 2 aromatic carbocycles. The second-order valence-corrected chi connectivity index (χ2v) is 9.82. The Morgan fingerprint density at radius 1 is 1.11 bits per heavy atom. The average molecular weight is 484 g/mol. The van der Waals surface area contributed by atoms with Crippen LogP contribution in [0.2, 0.25) is 0 Å². The van der Waals surface area contributed by atoms with E-state index in [0.717, 1.165) is 35.7 Å². The Morgan fingerprint density at radius 3 is 2.67 bits per heavy atom. The summed E-state index contributed by atoms with van der Waals surface area (Å²) in [6, 6.07) is 18.1. The predicted molar refractivity (Wildman–Crippen MR) is 141 cm³/mol. The number of amides is 2. The summed E-state index contributed by atoms with van der Waals surface area (Å²) < 4.78 is 1.67. The number of aryl methyl sites for hydroxylation is 1. The summed E-state index contributed by atoms with van der Waals surface area (Å²) in [7, 11) is 1.92. The Hall–Kier alpha value is -3.87. The van der Waals surface area contributed by atoms with Gasteiger partial charge in [0, 0.05) is 61.2 Å². The molecule has 0 aliphatic carbocycles. The van der Waals surface area contributed by atoms with Gasteiger partial charge in [0.25, 0.3) is 5.91 Å². The van der Waals surface area contributed by atoms with Crippen molar-refractivity contribution in [1.82, 2.24) is 24.6 Å². The van der Waals surface area contributed by atoms with Crippen molar-refractivity contribution in [2.75, 3.05) is 20.1 Å². The van der Waals surface area contributed by atoms with Gasteiger partial charge >= 0.3 is 0 Å². The van der Waals surface area contributed by atoms with E-state index in [1.807, 2.05) is 59.6 Å². The van der Waals surface area contributed by atoms with E-state index in [-0.39, 0.29) is 24.4 Å². The summed E-state index contributed by atoms with van der Waals surface area (Å²) in [4.78, 5) is 33.5. The highest BCUT2D eigenvalue weighted by molar-refractivity contribution is 5.98. The van der Waals surface area contributed by atoms with E-state index in [1.54, 1.807) is 10.9 Å². The number of benzene rings is 2. The van der Waals surface area contributed by atoms with Crippen LogP contribution < -0.4 is 0 Å². The van der Waals surface area contributed by atoms with Crippen LogP contribution >= 0.6 is 0 Å². The third-order valence-electron chi connectivity index (χ3n) is 7.61. The minimum atomic E-state index is 0.0515. The number of carbonyl (C=O) groups is 2. The van der Waals surface area contributed by atoms with Crippen molar-refractivity contribution in [2.24, 2.45) is 5.92 Å². The fourth-order valence-electron chi connectivity index (χ4n) is 5.37. The summed E-state index contributed by atoms with van der Waals surface area (Å²) in [5.74, 6) is 0.443. The summed E-state index contributed by atoms with van der Waals surface area (Å²) in [6.07, 6.45) is 7.94. The van der Waals surface area contributed by atoms with Crippen molar-refractivity contribution in [1.29, 1.82) is 0 Å². The summed E-state index contributed by atoms with van der Waals surface area (Å²) in [5, 5.41) is 5.25. The van der Waals surface area contributed by atoms with E-state index in [1.165, 1.54) is 11.1 Å². The minimum Gasteiger partial charge on any atom is -0.361 e. The first-order chi connectivity index (χ1) is 17.5. The van der Waals surface area contributed by atoms with Gasteiger partial charge in [0.05, 0.1) is 0 Å². The zero-order valence-electron chi connectivity index (χ0n) is 20.9. The number of piperidine rings is 1. The lowest BCUT2D eigenvalue weighted by molar-refractivity contribution is -0.134. The number of hydrogen-bond donors (Lipinski definition) is 1. The van der Waals surface area contributed by atoms with Crippen LogP contribution in [0.1, 0.15) is 34.3 Å². The highest BCUT2D eigenvalue weighted by Gasteiger charge is 2.33. The topological polar surface area (TPSA) is 74.2 Å². The lowest BCUT2D eigenvalue weighted by Gasteiger charge is -2.40. The third-order valence-corrected chi connectivity index (χ3v) is 7.61. The molecule has 1 N–H and O–H groups in total. The molecule has 3 heterocycles. The molecule has 1 aliphatic rings. The van der Waals surface area contributed by atoms with Crippen molar-refractivity contribution in [2.45, 2.75) is 38.8 Å². The molecule has 0 spiro atoms. The molecule has 5 rings (SSSR count). The molecule has 1 fully saturated rings. The second kappa shape index (κ2) is 10.4. The number of nitrogens with zero attached hydrogens (tertiary/aromatic N) is 4. The molecular formula is C29H33N5O2. The SMILES string of the molecule is Cc1ccccc1CC(C1CCN(C(=O)c2ccc3[nH]ccc3c2)CC1)N(C)C(=O)Cn1cccn1. The van der Waals surface area contributed by atoms with Crippen LogP contribution in [0.3, 0.4) is 0 Å². The summed E-state index contributed by atoms with van der Waals surface area (Å²) >= 11 is 0. The Morgan fingerprint density at radius 2 is 1.92 bits per heavy atom. The fourth-order valence-corrected chi connectivity index (χ4v) is 5.37. The highest BCUT2D eigenvalue weighted by atomic mass is 16.2. The Labute approximate surface area is 211 Å². The predicted octanol–water partition coefficient (Wildman–Crippen LogP) is 4.29. The maximum Gasteiger partial charge on any atom is 0.253 e. The number of nitrogens with one attached hydrogen (secondary N) is 1. The third kappa shape index (κ3) is 5.05. The van der Waals surface area contributed by atoms with Crippen LogP contribution in [-0.4, -0.2) is 62.6 Å². The number of fused-ring (bicyclic) bond motifs is 1. The molecule has 2 aromatic heterocycles. The monoisotopic (exact) mass is 483 g/mol. The van der Waals surface area contributed by atoms with Crippen molar-refractivity contribution in [3.63, 3.8) is 0 Å². The number of likely N-dealkylation sites (N-methyl/N-ethyl adjacent to an activating group) is 1. The highest BCUT2D eigenvalue weighted by Crippen LogP contribution is 2.28. The number of carbonyl (C=O) groups excluding carboxylic acids is 2. The van der Waals surface area contributed by atoms with Gasteiger partial charge in [0.2, 0.25) is 5.91 Å². The normalized spacial score (nSPS) is 15.2. The van der Waals surface area contributed by atoms with Crippen molar-refractivity contribution in [3.05, 3.63) is 89.9 Å². The lowest BCUT2D eigenvalue weighted by Crippen LogP contribution is -2.49. The Kier molecular flexibility index (Phi) is 6.89. The van der Waals surface area contributed by atoms with Crippen molar-refractivity contribution in [3.8, 4) is 0 Å². The Balaban J connectivity index is 1.30. The van der Waals surface area contributed by atoms with Gasteiger partial charge < -0.3 is 14.8 Å². The molecule has 1 aliphatic heterocycles. The molecule has 4 aromatic rings. The molecule has 1 atom stereocenters. The van der Waals surface area contributed by atoms with Gasteiger partial charge in [-0.15, -0.1) is 0 Å². The number of aromatic amines is 1. The smallest absolute Gasteiger partial charge is 0.253 e. The quantitative estimate of drug-likeness (QED) is 0.426. The van der Waals surface area contributed by atoms with Gasteiger partial charge in [-0.25, -0.2) is 0 Å². The van der Waals surface area contributed by atoms with Gasteiger partial charge in [0.1, 0.15) is 6.54 Å². The van der Waals surface area contributed by atoms with E-state index in [4.69, 9.17) is 0 Å². The van der Waals surface area contributed by atoms with E-state index < -0.39 is 0 Å². The van der Waals surface area contributed by atoms with Gasteiger partial charge in [0.15, 0.2) is 0 Å². The van der Waals surface area contributed by atoms with Gasteiger partial charge in [-0.1, -0.05) is 24.3 Å². The molecule has 1 saturated heterocycles. The first kappa shape index (κ1) is 23.9. The standard InChI is InChI=1S/C29H33N5O2/c1-21-6-3-4-7-23(21)19-27(32(2)28(35)20-34-15-5-13-31-34)22-11-16-33(17-12-22)29(36)25-8-9-26-24(18-25)10-14-30-26/h3-10,13-15,18,22,27,30H,11-12,16-17,19-20H2,1-2H3. The molecule has 0 radical (unpaired) electrons. The number of H-pyrrole nitrogens is 1. The van der Waals surface area contributed by atoms with Crippen LogP contribution in [0.4, 0.5) is 0 Å². The maximum absolute atomic E-state index is 13.2. The van der Waals surface area contributed by atoms with Crippen LogP contribution in [0.25, 0.3) is 10.9 Å². The fraction of sp³-hybridized carbons (Fsp3) is 0.345. The van der Waals surface area contributed by atoms with E-state index in [9.17, 15) is 9.59 Å². The summed E-state index contributed by atoms with van der Waals surface area (Å²) in [6.45, 7) is 3.74. The number of aromatic nitrogens is 3. The summed E-state index contributed by atoms with van der Waals surface area (Å²) in [5.41, 5.74) is 4.26. The van der Waals surface area contributed by atoms with Gasteiger partial charge in [-0.05, 0) is 73.6 Å². The van der Waals surface area contributed by atoms with Crippen LogP contribution in [0.5, 0.6) is 0 Å². The average Bonchev–Trinajstić information content (AvgIpc) is 3.59. The zero-order chi connectivity index (χ0) is 25.1. The molecule has 0 bridgehead atoms. The second-order valence-electron chi connectivity index (χ2n) is 9.82. The van der Waals surface area contributed by atoms with Crippen LogP contribution in [-0.2, 0) is 17.8 Å². The lowest BCUT2D eigenvalue weighted by atomic mass is 9.84. The first-order valence-electron chi connectivity index (χ1n) is 12.6. The van der Waals surface area contributed by atoms with Gasteiger partial charge in [-0.2, -0.15) is 5.10 Å². The first-order valence-corrected chi connectivity index (χ1v) is 12.6. The number of likely N-dealkylation sites (tertiary alicyclic amines) is 1. The number of hydrogen-bond acceptors (Lipinski definition) is 3. The van der Waals surface area contributed by atoms with Crippen LogP contribution in [0, 0.1) is 12.8 Å². The van der Waals surface area contributed by atoms with Gasteiger partial charge in [-0.3, -0.25) is 14.3 Å². The van der Waals surface area contributed by atoms with Crippen molar-refractivity contribution < 1.29 is 9.59 Å². The molecule has 7 heteroatoms. The molecule has 36 heavy (non-hydrogen) atoms. The van der Waals surface area contributed by atoms with Crippen molar-refractivity contribution >= 4 is 22.7 Å². The molecule has 2 amide bonds. The molecular weight excluding hydrogens is 450 g/mol. The zero-order valence-corrected chi connectivity index (χ0v) is 20.9. The molecule has 7 nitrogen and oxygen atoms in total. The number of rotatable bonds is 7. The molecule has 1 unspecified atom stereocenters. The van der Waals surface area contributed by atoms with E-state index in [2.05, 4.69) is 41.3 Å². The maximum atomic E-state index is 13.2. The largest absolute Gasteiger partial charge is 0.361 e. The van der Waals surface area contributed by atoms with E-state index >= 15 is 0 Å².